The number of hydrogen-bond donors (Lipinski definition) is 1. The van der Waals surface area contributed by atoms with Crippen LogP contribution in [0.4, 0.5) is 4.39 Å². The summed E-state index contributed by atoms with van der Waals surface area (Å²) in [4.78, 5) is 30.1. The smallest absolute Gasteiger partial charge is 0.255 e. The molecule has 1 N–H and O–H groups in total. The van der Waals surface area contributed by atoms with E-state index in [1.807, 2.05) is 0 Å². The first-order chi connectivity index (χ1) is 10.6. The van der Waals surface area contributed by atoms with Crippen LogP contribution in [0.2, 0.25) is 0 Å². The Morgan fingerprint density at radius 3 is 2.95 bits per heavy atom. The molecule has 1 aromatic heterocycles. The van der Waals surface area contributed by atoms with Crippen molar-refractivity contribution < 1.29 is 14.0 Å². The molecule has 1 aliphatic heterocycles. The van der Waals surface area contributed by atoms with Crippen LogP contribution in [-0.2, 0) is 4.79 Å². The maximum absolute atomic E-state index is 13.2. The maximum Gasteiger partial charge on any atom is 0.255 e. The van der Waals surface area contributed by atoms with Crippen LogP contribution in [0.15, 0.2) is 18.5 Å². The molecule has 2 atom stereocenters. The fourth-order valence-corrected chi connectivity index (χ4v) is 3.99. The highest BCUT2D eigenvalue weighted by Gasteiger charge is 2.51. The van der Waals surface area contributed by atoms with Gasteiger partial charge in [0.05, 0.1) is 11.8 Å². The molecule has 22 heavy (non-hydrogen) atoms. The molecule has 6 heteroatoms. The first-order valence-electron chi connectivity index (χ1n) is 7.67. The summed E-state index contributed by atoms with van der Waals surface area (Å²) in [5.74, 6) is -0.671. The van der Waals surface area contributed by atoms with E-state index in [4.69, 9.17) is 0 Å². The number of nitrogens with zero attached hydrogens (tertiary/aromatic N) is 2. The van der Waals surface area contributed by atoms with E-state index in [0.717, 1.165) is 31.9 Å². The van der Waals surface area contributed by atoms with Crippen LogP contribution in [0.1, 0.15) is 36.0 Å². The van der Waals surface area contributed by atoms with Crippen LogP contribution >= 0.6 is 0 Å². The average Bonchev–Trinajstić information content (AvgIpc) is 3.13. The number of nitrogens with one attached hydrogen (secondary N) is 1. The molecule has 3 rings (SSSR count). The number of likely N-dealkylation sites (tertiary alicyclic amines) is 1. The number of rotatable bonds is 2. The van der Waals surface area contributed by atoms with Gasteiger partial charge in [-0.05, 0) is 25.3 Å². The normalized spacial score (nSPS) is 27.4. The zero-order valence-corrected chi connectivity index (χ0v) is 12.6. The van der Waals surface area contributed by atoms with Gasteiger partial charge in [-0.25, -0.2) is 4.39 Å². The molecule has 1 saturated heterocycles. The summed E-state index contributed by atoms with van der Waals surface area (Å²) in [5.41, 5.74) is 0.155. The second kappa shape index (κ2) is 5.66. The molecule has 1 saturated carbocycles. The van der Waals surface area contributed by atoms with Gasteiger partial charge < -0.3 is 10.2 Å². The summed E-state index contributed by atoms with van der Waals surface area (Å²) in [6, 6.07) is 1.21. The Balaban J connectivity index is 1.77. The van der Waals surface area contributed by atoms with Gasteiger partial charge in [-0.1, -0.05) is 6.42 Å². The summed E-state index contributed by atoms with van der Waals surface area (Å²) in [5, 5.41) is 2.74. The van der Waals surface area contributed by atoms with Gasteiger partial charge >= 0.3 is 0 Å². The van der Waals surface area contributed by atoms with E-state index in [2.05, 4.69) is 10.3 Å². The molecule has 0 unspecified atom stereocenters. The van der Waals surface area contributed by atoms with E-state index < -0.39 is 5.82 Å². The Labute approximate surface area is 128 Å². The Hall–Kier alpha value is -1.98. The van der Waals surface area contributed by atoms with Crippen molar-refractivity contribution in [3.8, 4) is 0 Å². The SMILES string of the molecule is CNC(=O)[C@H]1CCC[C@@]12CCN(C(=O)c1cncc(F)c1)C2. The zero-order chi connectivity index (χ0) is 15.7. The molecule has 0 radical (unpaired) electrons. The second-order valence-corrected chi connectivity index (χ2v) is 6.29. The average molecular weight is 305 g/mol. The third kappa shape index (κ3) is 2.46. The molecule has 2 heterocycles. The molecule has 2 aliphatic rings. The molecule has 1 aliphatic carbocycles. The Morgan fingerprint density at radius 1 is 1.41 bits per heavy atom. The third-order valence-corrected chi connectivity index (χ3v) is 5.09. The molecule has 2 fully saturated rings. The second-order valence-electron chi connectivity index (χ2n) is 6.29. The highest BCUT2D eigenvalue weighted by atomic mass is 19.1. The standard InChI is InChI=1S/C16H20FN3O2/c1-18-14(21)13-3-2-4-16(13)5-6-20(10-16)15(22)11-7-12(17)9-19-8-11/h7-9,13H,2-6,10H2,1H3,(H,18,21)/t13-,16+/m1/s1. The lowest BCUT2D eigenvalue weighted by Gasteiger charge is -2.30. The monoisotopic (exact) mass is 305 g/mol. The molecular weight excluding hydrogens is 285 g/mol. The lowest BCUT2D eigenvalue weighted by Crippen LogP contribution is -2.40. The van der Waals surface area contributed by atoms with Crippen molar-refractivity contribution in [2.75, 3.05) is 20.1 Å². The minimum atomic E-state index is -0.510. The molecular formula is C16H20FN3O2. The van der Waals surface area contributed by atoms with Gasteiger partial charge in [-0.2, -0.15) is 0 Å². The number of pyridine rings is 1. The van der Waals surface area contributed by atoms with Crippen molar-refractivity contribution in [2.24, 2.45) is 11.3 Å². The first-order valence-corrected chi connectivity index (χ1v) is 7.67. The highest BCUT2D eigenvalue weighted by molar-refractivity contribution is 5.94. The minimum absolute atomic E-state index is 0.0269. The summed E-state index contributed by atoms with van der Waals surface area (Å²) < 4.78 is 13.2. The van der Waals surface area contributed by atoms with Crippen molar-refractivity contribution in [1.82, 2.24) is 15.2 Å². The largest absolute Gasteiger partial charge is 0.359 e. The summed E-state index contributed by atoms with van der Waals surface area (Å²) >= 11 is 0. The molecule has 118 valence electrons. The van der Waals surface area contributed by atoms with E-state index in [-0.39, 0.29) is 28.7 Å². The van der Waals surface area contributed by atoms with Crippen molar-refractivity contribution in [3.63, 3.8) is 0 Å². The fraction of sp³-hybridized carbons (Fsp3) is 0.562. The van der Waals surface area contributed by atoms with Crippen molar-refractivity contribution >= 4 is 11.8 Å². The molecule has 5 nitrogen and oxygen atoms in total. The molecule has 1 spiro atoms. The van der Waals surface area contributed by atoms with Crippen molar-refractivity contribution in [1.29, 1.82) is 0 Å². The molecule has 0 bridgehead atoms. The number of aromatic nitrogens is 1. The van der Waals surface area contributed by atoms with E-state index >= 15 is 0 Å². The van der Waals surface area contributed by atoms with Crippen molar-refractivity contribution in [3.05, 3.63) is 29.8 Å². The summed E-state index contributed by atoms with van der Waals surface area (Å²) in [7, 11) is 1.66. The van der Waals surface area contributed by atoms with Crippen LogP contribution in [0.3, 0.4) is 0 Å². The van der Waals surface area contributed by atoms with Crippen molar-refractivity contribution in [2.45, 2.75) is 25.7 Å². The minimum Gasteiger partial charge on any atom is -0.359 e. The number of carbonyl (C=O) groups is 2. The van der Waals surface area contributed by atoms with Crippen LogP contribution in [-0.4, -0.2) is 41.8 Å². The lowest BCUT2D eigenvalue weighted by atomic mass is 9.76. The van der Waals surface area contributed by atoms with E-state index in [9.17, 15) is 14.0 Å². The Kier molecular flexibility index (Phi) is 3.85. The third-order valence-electron chi connectivity index (χ3n) is 5.09. The number of halogens is 1. The van der Waals surface area contributed by atoms with Crippen LogP contribution in [0, 0.1) is 17.2 Å². The Morgan fingerprint density at radius 2 is 2.23 bits per heavy atom. The fourth-order valence-electron chi connectivity index (χ4n) is 3.99. The summed E-state index contributed by atoms with van der Waals surface area (Å²) in [6.07, 6.45) is 6.17. The predicted molar refractivity (Wildman–Crippen MR) is 78.6 cm³/mol. The van der Waals surface area contributed by atoms with Gasteiger partial charge in [-0.3, -0.25) is 14.6 Å². The first kappa shape index (κ1) is 14.9. The van der Waals surface area contributed by atoms with Gasteiger partial charge in [-0.15, -0.1) is 0 Å². The van der Waals surface area contributed by atoms with Gasteiger partial charge in [0.15, 0.2) is 0 Å². The maximum atomic E-state index is 13.2. The lowest BCUT2D eigenvalue weighted by molar-refractivity contribution is -0.127. The topological polar surface area (TPSA) is 62.3 Å². The number of carbonyl (C=O) groups excluding carboxylic acids is 2. The zero-order valence-electron chi connectivity index (χ0n) is 12.6. The van der Waals surface area contributed by atoms with Gasteiger partial charge in [0, 0.05) is 37.7 Å². The van der Waals surface area contributed by atoms with Crippen LogP contribution < -0.4 is 5.32 Å². The predicted octanol–water partition coefficient (Wildman–Crippen LogP) is 1.60. The molecule has 2 amide bonds. The van der Waals surface area contributed by atoms with E-state index in [1.54, 1.807) is 11.9 Å². The van der Waals surface area contributed by atoms with Crippen LogP contribution in [0.5, 0.6) is 0 Å². The van der Waals surface area contributed by atoms with E-state index in [0.29, 0.717) is 13.1 Å². The molecule has 1 aromatic rings. The molecule has 0 aromatic carbocycles. The number of amides is 2. The number of hydrogen-bond acceptors (Lipinski definition) is 3. The van der Waals surface area contributed by atoms with Gasteiger partial charge in [0.2, 0.25) is 5.91 Å². The van der Waals surface area contributed by atoms with Gasteiger partial charge in [0.1, 0.15) is 5.82 Å². The van der Waals surface area contributed by atoms with Gasteiger partial charge in [0.25, 0.3) is 5.91 Å². The highest BCUT2D eigenvalue weighted by Crippen LogP contribution is 2.50. The quantitative estimate of drug-likeness (QED) is 0.903. The Bertz CT molecular complexity index is 607. The van der Waals surface area contributed by atoms with Crippen LogP contribution in [0.25, 0.3) is 0 Å². The summed E-state index contributed by atoms with van der Waals surface area (Å²) in [6.45, 7) is 1.18. The van der Waals surface area contributed by atoms with E-state index in [1.165, 1.54) is 12.3 Å².